The van der Waals surface area contributed by atoms with E-state index < -0.39 is 17.7 Å². The first-order valence-electron chi connectivity index (χ1n) is 8.61. The topological polar surface area (TPSA) is 55.8 Å². The average molecular weight is 340 g/mol. The molecular formula is C21H24O4. The second-order valence-corrected chi connectivity index (χ2v) is 7.31. The summed E-state index contributed by atoms with van der Waals surface area (Å²) in [6.45, 7) is 6.34. The lowest BCUT2D eigenvalue weighted by Gasteiger charge is -2.27. The van der Waals surface area contributed by atoms with Gasteiger partial charge in [-0.1, -0.05) is 30.3 Å². The van der Waals surface area contributed by atoms with Crippen LogP contribution in [0.3, 0.4) is 0 Å². The van der Waals surface area contributed by atoms with Crippen LogP contribution in [0.15, 0.2) is 42.5 Å². The SMILES string of the molecule is CC(C)(C)OC(C(=O)O)c1ccccc1-c1ccc2c(c1)CCCO2. The van der Waals surface area contributed by atoms with E-state index in [1.807, 2.05) is 57.2 Å². The van der Waals surface area contributed by atoms with Gasteiger partial charge in [-0.15, -0.1) is 0 Å². The van der Waals surface area contributed by atoms with Gasteiger partial charge in [0, 0.05) is 0 Å². The van der Waals surface area contributed by atoms with Crippen molar-refractivity contribution in [3.63, 3.8) is 0 Å². The highest BCUT2D eigenvalue weighted by molar-refractivity contribution is 5.80. The van der Waals surface area contributed by atoms with Crippen LogP contribution in [-0.2, 0) is 16.0 Å². The van der Waals surface area contributed by atoms with E-state index in [9.17, 15) is 9.90 Å². The third kappa shape index (κ3) is 4.02. The van der Waals surface area contributed by atoms with Gasteiger partial charge in [0.05, 0.1) is 12.2 Å². The highest BCUT2D eigenvalue weighted by atomic mass is 16.5. The third-order valence-corrected chi connectivity index (χ3v) is 4.16. The van der Waals surface area contributed by atoms with Gasteiger partial charge in [0.15, 0.2) is 6.10 Å². The molecule has 4 nitrogen and oxygen atoms in total. The number of carbonyl (C=O) groups is 1. The molecule has 0 saturated carbocycles. The Bertz CT molecular complexity index is 774. The summed E-state index contributed by atoms with van der Waals surface area (Å²) in [7, 11) is 0. The van der Waals surface area contributed by atoms with Crippen molar-refractivity contribution in [1.82, 2.24) is 0 Å². The van der Waals surface area contributed by atoms with Crippen molar-refractivity contribution in [2.75, 3.05) is 6.61 Å². The molecule has 0 fully saturated rings. The lowest BCUT2D eigenvalue weighted by Crippen LogP contribution is -2.27. The van der Waals surface area contributed by atoms with E-state index in [-0.39, 0.29) is 0 Å². The van der Waals surface area contributed by atoms with Crippen molar-refractivity contribution in [2.45, 2.75) is 45.3 Å². The lowest BCUT2D eigenvalue weighted by molar-refractivity contribution is -0.160. The van der Waals surface area contributed by atoms with Crippen LogP contribution in [-0.4, -0.2) is 23.3 Å². The van der Waals surface area contributed by atoms with E-state index in [0.29, 0.717) is 5.56 Å². The van der Waals surface area contributed by atoms with Crippen LogP contribution in [0, 0.1) is 0 Å². The predicted octanol–water partition coefficient (Wildman–Crippen LogP) is 4.62. The molecule has 2 aromatic carbocycles. The average Bonchev–Trinajstić information content (AvgIpc) is 2.58. The van der Waals surface area contributed by atoms with Crippen molar-refractivity contribution in [1.29, 1.82) is 0 Å². The van der Waals surface area contributed by atoms with E-state index in [0.717, 1.165) is 36.3 Å². The number of carboxylic acids is 1. The fraction of sp³-hybridized carbons (Fsp3) is 0.381. The van der Waals surface area contributed by atoms with Crippen LogP contribution in [0.25, 0.3) is 11.1 Å². The molecule has 0 aliphatic carbocycles. The van der Waals surface area contributed by atoms with Gasteiger partial charge >= 0.3 is 5.97 Å². The Hall–Kier alpha value is -2.33. The van der Waals surface area contributed by atoms with Gasteiger partial charge in [0.1, 0.15) is 5.75 Å². The first-order chi connectivity index (χ1) is 11.8. The molecule has 0 radical (unpaired) electrons. The monoisotopic (exact) mass is 340 g/mol. The number of aryl methyl sites for hydroxylation is 1. The molecule has 1 heterocycles. The third-order valence-electron chi connectivity index (χ3n) is 4.16. The largest absolute Gasteiger partial charge is 0.493 e. The van der Waals surface area contributed by atoms with Gasteiger partial charge in [-0.2, -0.15) is 0 Å². The van der Waals surface area contributed by atoms with Crippen LogP contribution in [0.5, 0.6) is 5.75 Å². The number of carboxylic acid groups (broad SMARTS) is 1. The summed E-state index contributed by atoms with van der Waals surface area (Å²) in [5.41, 5.74) is 3.15. The van der Waals surface area contributed by atoms with Crippen LogP contribution in [0.2, 0.25) is 0 Å². The maximum absolute atomic E-state index is 11.8. The van der Waals surface area contributed by atoms with E-state index in [2.05, 4.69) is 6.07 Å². The molecule has 1 N–H and O–H groups in total. The number of rotatable bonds is 4. The zero-order chi connectivity index (χ0) is 18.0. The maximum atomic E-state index is 11.8. The maximum Gasteiger partial charge on any atom is 0.337 e. The zero-order valence-corrected chi connectivity index (χ0v) is 14.9. The Morgan fingerprint density at radius 3 is 2.68 bits per heavy atom. The van der Waals surface area contributed by atoms with Gasteiger partial charge in [0.2, 0.25) is 0 Å². The molecule has 0 amide bonds. The summed E-state index contributed by atoms with van der Waals surface area (Å²) in [5.74, 6) is -0.0584. The Morgan fingerprint density at radius 1 is 1.20 bits per heavy atom. The van der Waals surface area contributed by atoms with Crippen LogP contribution >= 0.6 is 0 Å². The summed E-state index contributed by atoms with van der Waals surface area (Å²) in [4.78, 5) is 11.8. The minimum atomic E-state index is -1.01. The number of fused-ring (bicyclic) bond motifs is 1. The zero-order valence-electron chi connectivity index (χ0n) is 14.9. The van der Waals surface area contributed by atoms with Gasteiger partial charge in [-0.05, 0) is 68.0 Å². The molecule has 2 aromatic rings. The number of benzene rings is 2. The molecule has 0 spiro atoms. The van der Waals surface area contributed by atoms with Crippen LogP contribution in [0.4, 0.5) is 0 Å². The standard InChI is InChI=1S/C21H24O4/c1-21(2,3)25-19(20(22)23)17-9-5-4-8-16(17)14-10-11-18-15(13-14)7-6-12-24-18/h4-5,8-11,13,19H,6-7,12H2,1-3H3,(H,22,23). The van der Waals surface area contributed by atoms with Crippen molar-refractivity contribution in [2.24, 2.45) is 0 Å². The molecule has 0 aromatic heterocycles. The predicted molar refractivity (Wildman–Crippen MR) is 96.9 cm³/mol. The second-order valence-electron chi connectivity index (χ2n) is 7.31. The minimum absolute atomic E-state index is 0.556. The molecule has 0 saturated heterocycles. The molecule has 1 unspecified atom stereocenters. The summed E-state index contributed by atoms with van der Waals surface area (Å²) in [6, 6.07) is 13.6. The summed E-state index contributed by atoms with van der Waals surface area (Å²) in [6.07, 6.45) is 0.971. The Morgan fingerprint density at radius 2 is 1.96 bits per heavy atom. The van der Waals surface area contributed by atoms with Crippen molar-refractivity contribution >= 4 is 5.97 Å². The molecule has 25 heavy (non-hydrogen) atoms. The van der Waals surface area contributed by atoms with Gasteiger partial charge in [-0.25, -0.2) is 4.79 Å². The summed E-state index contributed by atoms with van der Waals surface area (Å²) in [5, 5.41) is 9.71. The number of hydrogen-bond acceptors (Lipinski definition) is 3. The highest BCUT2D eigenvalue weighted by Gasteiger charge is 2.29. The van der Waals surface area contributed by atoms with E-state index >= 15 is 0 Å². The molecule has 1 aliphatic heterocycles. The summed E-state index contributed by atoms with van der Waals surface area (Å²) >= 11 is 0. The molecule has 3 rings (SSSR count). The first-order valence-corrected chi connectivity index (χ1v) is 8.61. The van der Waals surface area contributed by atoms with Gasteiger partial charge in [0.25, 0.3) is 0 Å². The molecular weight excluding hydrogens is 316 g/mol. The van der Waals surface area contributed by atoms with Crippen molar-refractivity contribution < 1.29 is 19.4 Å². The van der Waals surface area contributed by atoms with Gasteiger partial charge < -0.3 is 14.6 Å². The fourth-order valence-corrected chi connectivity index (χ4v) is 3.12. The van der Waals surface area contributed by atoms with E-state index in [1.165, 1.54) is 5.56 Å². The first kappa shape index (κ1) is 17.5. The fourth-order valence-electron chi connectivity index (χ4n) is 3.12. The Labute approximate surface area is 148 Å². The number of hydrogen-bond donors (Lipinski definition) is 1. The molecule has 1 aliphatic rings. The quantitative estimate of drug-likeness (QED) is 0.882. The Balaban J connectivity index is 2.04. The molecule has 132 valence electrons. The molecule has 1 atom stereocenters. The lowest BCUT2D eigenvalue weighted by atomic mass is 9.93. The normalized spacial score (nSPS) is 15.2. The van der Waals surface area contributed by atoms with E-state index in [4.69, 9.17) is 9.47 Å². The minimum Gasteiger partial charge on any atom is -0.493 e. The highest BCUT2D eigenvalue weighted by Crippen LogP contribution is 2.35. The summed E-state index contributed by atoms with van der Waals surface area (Å²) < 4.78 is 11.5. The van der Waals surface area contributed by atoms with Crippen LogP contribution < -0.4 is 4.74 Å². The van der Waals surface area contributed by atoms with Gasteiger partial charge in [-0.3, -0.25) is 0 Å². The van der Waals surface area contributed by atoms with Crippen molar-refractivity contribution in [3.05, 3.63) is 53.6 Å². The molecule has 0 bridgehead atoms. The van der Waals surface area contributed by atoms with Crippen LogP contribution in [0.1, 0.15) is 44.4 Å². The smallest absolute Gasteiger partial charge is 0.337 e. The molecule has 4 heteroatoms. The Kier molecular flexibility index (Phi) is 4.82. The van der Waals surface area contributed by atoms with Crippen molar-refractivity contribution in [3.8, 4) is 16.9 Å². The van der Waals surface area contributed by atoms with E-state index in [1.54, 1.807) is 0 Å². The number of aliphatic carboxylic acids is 1. The second kappa shape index (κ2) is 6.89. The number of ether oxygens (including phenoxy) is 2.